The van der Waals surface area contributed by atoms with Gasteiger partial charge in [0.15, 0.2) is 0 Å². The summed E-state index contributed by atoms with van der Waals surface area (Å²) in [6, 6.07) is 4.39. The smallest absolute Gasteiger partial charge is 0.227 e. The van der Waals surface area contributed by atoms with Gasteiger partial charge in [-0.2, -0.15) is 0 Å². The van der Waals surface area contributed by atoms with E-state index in [-0.39, 0.29) is 18.1 Å². The monoisotopic (exact) mass is 301 g/mol. The first kappa shape index (κ1) is 12.5. The van der Waals surface area contributed by atoms with Crippen molar-refractivity contribution < 1.29 is 14.3 Å². The molecule has 17 heavy (non-hydrogen) atoms. The van der Waals surface area contributed by atoms with Crippen LogP contribution >= 0.6 is 15.9 Å². The van der Waals surface area contributed by atoms with E-state index in [2.05, 4.69) is 15.9 Å². The van der Waals surface area contributed by atoms with Gasteiger partial charge in [0.1, 0.15) is 5.82 Å². The van der Waals surface area contributed by atoms with Gasteiger partial charge in [0, 0.05) is 29.5 Å². The summed E-state index contributed by atoms with van der Waals surface area (Å²) in [7, 11) is 0. The van der Waals surface area contributed by atoms with Crippen molar-refractivity contribution in [1.29, 1.82) is 0 Å². The van der Waals surface area contributed by atoms with Crippen molar-refractivity contribution in [3.63, 3.8) is 0 Å². The Morgan fingerprint density at radius 2 is 2.29 bits per heavy atom. The molecule has 1 aromatic rings. The van der Waals surface area contributed by atoms with Crippen LogP contribution in [0.2, 0.25) is 0 Å². The van der Waals surface area contributed by atoms with Crippen molar-refractivity contribution in [3.05, 3.63) is 29.6 Å². The quantitative estimate of drug-likeness (QED) is 0.868. The molecule has 1 unspecified atom stereocenters. The maximum atomic E-state index is 13.2. The Kier molecular flexibility index (Phi) is 3.79. The van der Waals surface area contributed by atoms with Crippen LogP contribution in [0, 0.1) is 11.7 Å². The van der Waals surface area contributed by atoms with E-state index >= 15 is 0 Å². The third-order valence-corrected chi connectivity index (χ3v) is 3.85. The summed E-state index contributed by atoms with van der Waals surface area (Å²) in [5, 5.41) is 9.78. The van der Waals surface area contributed by atoms with Gasteiger partial charge in [-0.3, -0.25) is 4.79 Å². The summed E-state index contributed by atoms with van der Waals surface area (Å²) in [6.07, 6.45) is 0.511. The molecule has 0 bridgehead atoms. The lowest BCUT2D eigenvalue weighted by atomic mass is 10.1. The average Bonchev–Trinajstić information content (AvgIpc) is 2.71. The largest absolute Gasteiger partial charge is 0.392 e. The number of carbonyl (C=O) groups is 1. The highest BCUT2D eigenvalue weighted by molar-refractivity contribution is 9.09. The van der Waals surface area contributed by atoms with Gasteiger partial charge in [-0.15, -0.1) is 0 Å². The number of anilines is 1. The molecule has 0 saturated carbocycles. The van der Waals surface area contributed by atoms with Gasteiger partial charge in [-0.1, -0.05) is 15.9 Å². The number of hydrogen-bond donors (Lipinski definition) is 1. The van der Waals surface area contributed by atoms with Crippen molar-refractivity contribution in [3.8, 4) is 0 Å². The van der Waals surface area contributed by atoms with E-state index in [4.69, 9.17) is 5.11 Å². The summed E-state index contributed by atoms with van der Waals surface area (Å²) in [4.78, 5) is 13.4. The molecule has 1 aliphatic heterocycles. The van der Waals surface area contributed by atoms with Gasteiger partial charge in [-0.05, 0) is 24.1 Å². The Morgan fingerprint density at radius 1 is 1.53 bits per heavy atom. The van der Waals surface area contributed by atoms with Crippen molar-refractivity contribution in [1.82, 2.24) is 0 Å². The standard InChI is InChI=1S/C12H13BrFNO2/c13-5-8-3-12(17)15(6-8)10-1-2-11(14)9(4-10)7-16/h1-2,4,8,16H,3,5-7H2. The van der Waals surface area contributed by atoms with Crippen molar-refractivity contribution in [2.75, 3.05) is 16.8 Å². The number of aliphatic hydroxyl groups is 1. The second-order valence-electron chi connectivity index (χ2n) is 4.16. The van der Waals surface area contributed by atoms with Crippen LogP contribution in [-0.4, -0.2) is 22.9 Å². The van der Waals surface area contributed by atoms with Crippen molar-refractivity contribution >= 4 is 27.5 Å². The SMILES string of the molecule is O=C1CC(CBr)CN1c1ccc(F)c(CO)c1. The maximum Gasteiger partial charge on any atom is 0.227 e. The molecule has 1 saturated heterocycles. The van der Waals surface area contributed by atoms with Crippen LogP contribution in [0.15, 0.2) is 18.2 Å². The highest BCUT2D eigenvalue weighted by atomic mass is 79.9. The minimum Gasteiger partial charge on any atom is -0.392 e. The highest BCUT2D eigenvalue weighted by Gasteiger charge is 2.29. The second-order valence-corrected chi connectivity index (χ2v) is 4.81. The van der Waals surface area contributed by atoms with E-state index in [0.717, 1.165) is 5.33 Å². The van der Waals surface area contributed by atoms with Crippen LogP contribution in [0.25, 0.3) is 0 Å². The summed E-state index contributed by atoms with van der Waals surface area (Å²) < 4.78 is 13.2. The first-order chi connectivity index (χ1) is 8.15. The minimum absolute atomic E-state index is 0.0462. The van der Waals surface area contributed by atoms with E-state index in [1.165, 1.54) is 12.1 Å². The Balaban J connectivity index is 2.26. The molecule has 1 fully saturated rings. The maximum absolute atomic E-state index is 13.2. The number of aliphatic hydroxyl groups excluding tert-OH is 1. The number of amides is 1. The molecule has 0 aliphatic carbocycles. The molecule has 1 atom stereocenters. The van der Waals surface area contributed by atoms with Gasteiger partial charge in [-0.25, -0.2) is 4.39 Å². The van der Waals surface area contributed by atoms with Crippen LogP contribution in [0.5, 0.6) is 0 Å². The molecule has 1 heterocycles. The molecule has 1 amide bonds. The van der Waals surface area contributed by atoms with Crippen molar-refractivity contribution in [2.24, 2.45) is 5.92 Å². The van der Waals surface area contributed by atoms with Crippen molar-refractivity contribution in [2.45, 2.75) is 13.0 Å². The minimum atomic E-state index is -0.445. The average molecular weight is 302 g/mol. The predicted molar refractivity (Wildman–Crippen MR) is 66.6 cm³/mol. The molecule has 2 rings (SSSR count). The lowest BCUT2D eigenvalue weighted by molar-refractivity contribution is -0.117. The predicted octanol–water partition coefficient (Wildman–Crippen LogP) is 2.07. The Hall–Kier alpha value is -0.940. The van der Waals surface area contributed by atoms with Gasteiger partial charge in [0.05, 0.1) is 6.61 Å². The fraction of sp³-hybridized carbons (Fsp3) is 0.417. The molecule has 0 radical (unpaired) electrons. The summed E-state index contributed by atoms with van der Waals surface area (Å²) in [5.74, 6) is -0.102. The number of hydrogen-bond acceptors (Lipinski definition) is 2. The molecule has 1 aliphatic rings. The van der Waals surface area contributed by atoms with Gasteiger partial charge < -0.3 is 10.0 Å². The molecule has 5 heteroatoms. The van der Waals surface area contributed by atoms with E-state index in [0.29, 0.717) is 24.6 Å². The summed E-state index contributed by atoms with van der Waals surface area (Å²) in [6.45, 7) is 0.282. The molecular weight excluding hydrogens is 289 g/mol. The first-order valence-corrected chi connectivity index (χ1v) is 6.53. The van der Waals surface area contributed by atoms with E-state index in [9.17, 15) is 9.18 Å². The van der Waals surface area contributed by atoms with Gasteiger partial charge in [0.25, 0.3) is 0 Å². The van der Waals surface area contributed by atoms with Gasteiger partial charge >= 0.3 is 0 Å². The van der Waals surface area contributed by atoms with Crippen LogP contribution in [0.4, 0.5) is 10.1 Å². The van der Waals surface area contributed by atoms with Gasteiger partial charge in [0.2, 0.25) is 5.91 Å². The third kappa shape index (κ3) is 2.50. The number of rotatable bonds is 3. The molecule has 92 valence electrons. The molecule has 1 aromatic carbocycles. The van der Waals surface area contributed by atoms with E-state index < -0.39 is 5.82 Å². The number of benzene rings is 1. The van der Waals surface area contributed by atoms with E-state index in [1.807, 2.05) is 0 Å². The summed E-state index contributed by atoms with van der Waals surface area (Å²) in [5.41, 5.74) is 0.876. The Bertz CT molecular complexity index is 439. The Labute approximate surface area is 107 Å². The zero-order valence-electron chi connectivity index (χ0n) is 9.20. The van der Waals surface area contributed by atoms with Crippen LogP contribution in [-0.2, 0) is 11.4 Å². The fourth-order valence-electron chi connectivity index (χ4n) is 1.98. The number of alkyl halides is 1. The lowest BCUT2D eigenvalue weighted by Gasteiger charge is -2.17. The fourth-order valence-corrected chi connectivity index (χ4v) is 2.42. The molecule has 0 aromatic heterocycles. The number of carbonyl (C=O) groups excluding carboxylic acids is 1. The highest BCUT2D eigenvalue weighted by Crippen LogP contribution is 2.27. The normalized spacial score (nSPS) is 20.1. The topological polar surface area (TPSA) is 40.5 Å². The summed E-state index contributed by atoms with van der Waals surface area (Å²) >= 11 is 3.36. The van der Waals surface area contributed by atoms with Crippen LogP contribution in [0.1, 0.15) is 12.0 Å². The third-order valence-electron chi connectivity index (χ3n) is 2.93. The lowest BCUT2D eigenvalue weighted by Crippen LogP contribution is -2.24. The molecule has 3 nitrogen and oxygen atoms in total. The first-order valence-electron chi connectivity index (χ1n) is 5.41. The molecular formula is C12H13BrFNO2. The Morgan fingerprint density at radius 3 is 2.88 bits per heavy atom. The molecule has 0 spiro atoms. The second kappa shape index (κ2) is 5.14. The zero-order chi connectivity index (χ0) is 12.4. The number of halogens is 2. The molecule has 1 N–H and O–H groups in total. The number of nitrogens with zero attached hydrogens (tertiary/aromatic N) is 1. The zero-order valence-corrected chi connectivity index (χ0v) is 10.8. The van der Waals surface area contributed by atoms with E-state index in [1.54, 1.807) is 11.0 Å². The van der Waals surface area contributed by atoms with Crippen LogP contribution < -0.4 is 4.90 Å². The van der Waals surface area contributed by atoms with Crippen LogP contribution in [0.3, 0.4) is 0 Å².